The molecule has 2 heterocycles. The summed E-state index contributed by atoms with van der Waals surface area (Å²) in [5.74, 6) is 0.468. The molecule has 0 bridgehead atoms. The minimum absolute atomic E-state index is 0.201. The fourth-order valence-electron chi connectivity index (χ4n) is 3.07. The smallest absolute Gasteiger partial charge is 0.347 e. The monoisotopic (exact) mass is 446 g/mol. The third-order valence-electron chi connectivity index (χ3n) is 4.76. The zero-order chi connectivity index (χ0) is 23.6. The van der Waals surface area contributed by atoms with Crippen LogP contribution in [0.3, 0.4) is 0 Å². The maximum absolute atomic E-state index is 12.9. The second-order valence-corrected chi connectivity index (χ2v) is 8.19. The molecule has 0 spiro atoms. The van der Waals surface area contributed by atoms with Crippen molar-refractivity contribution in [1.29, 1.82) is 0 Å². The number of hydrogen-bond acceptors (Lipinski definition) is 8. The predicted molar refractivity (Wildman–Crippen MR) is 121 cm³/mol. The lowest BCUT2D eigenvalue weighted by Gasteiger charge is -2.16. The van der Waals surface area contributed by atoms with E-state index in [1.54, 1.807) is 48.5 Å². The molecule has 0 radical (unpaired) electrons. The maximum atomic E-state index is 12.9. The van der Waals surface area contributed by atoms with Crippen LogP contribution in [0.5, 0.6) is 11.5 Å². The average molecular weight is 446 g/mol. The first kappa shape index (κ1) is 21.9. The Hall–Kier alpha value is -4.34. The second kappa shape index (κ2) is 8.65. The molecule has 0 unspecified atom stereocenters. The van der Waals surface area contributed by atoms with E-state index < -0.39 is 11.4 Å². The highest BCUT2D eigenvalue weighted by molar-refractivity contribution is 5.94. The summed E-state index contributed by atoms with van der Waals surface area (Å²) < 4.78 is 13.2. The van der Waals surface area contributed by atoms with Gasteiger partial charge in [0.05, 0.1) is 13.3 Å². The molecule has 33 heavy (non-hydrogen) atoms. The van der Waals surface area contributed by atoms with Gasteiger partial charge in [0.2, 0.25) is 0 Å². The van der Waals surface area contributed by atoms with Gasteiger partial charge in [-0.05, 0) is 42.0 Å². The van der Waals surface area contributed by atoms with E-state index in [4.69, 9.17) is 9.47 Å². The van der Waals surface area contributed by atoms with Crippen molar-refractivity contribution in [3.05, 3.63) is 82.0 Å². The van der Waals surface area contributed by atoms with E-state index in [1.807, 2.05) is 20.8 Å². The SMILES string of the molecule is COc1ccccc1C(=O)Oc1ccc(/C=N\n2c(=O)c(C(C)(C)C)nn3cnnc23)cc1. The summed E-state index contributed by atoms with van der Waals surface area (Å²) in [7, 11) is 1.49. The number of methoxy groups -OCH3 is 1. The van der Waals surface area contributed by atoms with Gasteiger partial charge in [-0.2, -0.15) is 19.4 Å². The van der Waals surface area contributed by atoms with E-state index in [2.05, 4.69) is 20.4 Å². The molecule has 168 valence electrons. The van der Waals surface area contributed by atoms with Crippen LogP contribution in [0.25, 0.3) is 5.78 Å². The molecular weight excluding hydrogens is 424 g/mol. The van der Waals surface area contributed by atoms with E-state index in [0.717, 1.165) is 4.68 Å². The Labute approximate surface area is 189 Å². The van der Waals surface area contributed by atoms with Crippen molar-refractivity contribution in [1.82, 2.24) is 24.5 Å². The molecule has 2 aromatic carbocycles. The Morgan fingerprint density at radius 2 is 1.82 bits per heavy atom. The van der Waals surface area contributed by atoms with Crippen LogP contribution in [-0.4, -0.2) is 43.8 Å². The minimum Gasteiger partial charge on any atom is -0.496 e. The van der Waals surface area contributed by atoms with Crippen molar-refractivity contribution in [2.45, 2.75) is 26.2 Å². The van der Waals surface area contributed by atoms with Crippen LogP contribution in [-0.2, 0) is 5.41 Å². The number of aromatic nitrogens is 5. The largest absolute Gasteiger partial charge is 0.496 e. The zero-order valence-electron chi connectivity index (χ0n) is 18.6. The van der Waals surface area contributed by atoms with Crippen molar-refractivity contribution < 1.29 is 14.3 Å². The molecule has 10 nitrogen and oxygen atoms in total. The zero-order valence-corrected chi connectivity index (χ0v) is 18.6. The number of para-hydroxylation sites is 1. The van der Waals surface area contributed by atoms with Crippen LogP contribution in [0.2, 0.25) is 0 Å². The first-order valence-electron chi connectivity index (χ1n) is 10.1. The van der Waals surface area contributed by atoms with Crippen LogP contribution >= 0.6 is 0 Å². The Morgan fingerprint density at radius 3 is 2.52 bits per heavy atom. The number of benzene rings is 2. The number of ether oxygens (including phenoxy) is 2. The summed E-state index contributed by atoms with van der Waals surface area (Å²) in [6.07, 6.45) is 2.93. The van der Waals surface area contributed by atoms with E-state index >= 15 is 0 Å². The number of fused-ring (bicyclic) bond motifs is 1. The van der Waals surface area contributed by atoms with Gasteiger partial charge in [-0.1, -0.05) is 32.9 Å². The van der Waals surface area contributed by atoms with Crippen molar-refractivity contribution in [2.24, 2.45) is 5.10 Å². The topological polar surface area (TPSA) is 113 Å². The van der Waals surface area contributed by atoms with Gasteiger partial charge in [0, 0.05) is 5.41 Å². The van der Waals surface area contributed by atoms with Gasteiger partial charge >= 0.3 is 5.97 Å². The molecule has 4 rings (SSSR count). The van der Waals surface area contributed by atoms with E-state index in [9.17, 15) is 9.59 Å². The van der Waals surface area contributed by atoms with Crippen LogP contribution in [0.1, 0.15) is 42.4 Å². The van der Waals surface area contributed by atoms with Crippen LogP contribution in [0.15, 0.2) is 64.8 Å². The van der Waals surface area contributed by atoms with Crippen molar-refractivity contribution in [3.8, 4) is 11.5 Å². The summed E-state index contributed by atoms with van der Waals surface area (Å²) in [6.45, 7) is 5.68. The number of nitrogens with zero attached hydrogens (tertiary/aromatic N) is 6. The molecule has 2 aromatic heterocycles. The molecule has 0 saturated carbocycles. The van der Waals surface area contributed by atoms with Crippen LogP contribution in [0, 0.1) is 0 Å². The molecule has 0 aliphatic rings. The molecule has 0 atom stereocenters. The molecule has 0 fully saturated rings. The third kappa shape index (κ3) is 4.49. The summed E-state index contributed by atoms with van der Waals surface area (Å²) >= 11 is 0. The first-order chi connectivity index (χ1) is 15.8. The van der Waals surface area contributed by atoms with Gasteiger partial charge in [0.25, 0.3) is 11.3 Å². The van der Waals surface area contributed by atoms with E-state index in [0.29, 0.717) is 28.3 Å². The molecular formula is C23H22N6O4. The number of carbonyl (C=O) groups excluding carboxylic acids is 1. The molecule has 4 aromatic rings. The standard InChI is InChI=1S/C23H22N6O4/c1-23(2,3)19-20(30)29(22-26-24-14-28(22)27-19)25-13-15-9-11-16(12-10-15)33-21(31)17-7-5-6-8-18(17)32-4/h5-14H,1-4H3/b25-13-. The molecule has 0 saturated heterocycles. The molecule has 0 aliphatic carbocycles. The number of hydrogen-bond donors (Lipinski definition) is 0. The molecule has 0 amide bonds. The lowest BCUT2D eigenvalue weighted by molar-refractivity contribution is 0.0731. The summed E-state index contributed by atoms with van der Waals surface area (Å²) in [6, 6.07) is 13.5. The normalized spacial score (nSPS) is 11.8. The van der Waals surface area contributed by atoms with Gasteiger partial charge in [0.15, 0.2) is 0 Å². The Balaban J connectivity index is 1.58. The number of rotatable bonds is 5. The highest BCUT2D eigenvalue weighted by Gasteiger charge is 2.23. The molecule has 0 aliphatic heterocycles. The Kier molecular flexibility index (Phi) is 5.74. The van der Waals surface area contributed by atoms with Gasteiger partial charge in [-0.3, -0.25) is 4.79 Å². The van der Waals surface area contributed by atoms with Gasteiger partial charge in [-0.15, -0.1) is 10.2 Å². The highest BCUT2D eigenvalue weighted by atomic mass is 16.5. The lowest BCUT2D eigenvalue weighted by Crippen LogP contribution is -2.33. The average Bonchev–Trinajstić information content (AvgIpc) is 3.27. The summed E-state index contributed by atoms with van der Waals surface area (Å²) in [4.78, 5) is 25.4. The molecule has 0 N–H and O–H groups in total. The van der Waals surface area contributed by atoms with E-state index in [-0.39, 0.29) is 11.3 Å². The number of carbonyl (C=O) groups is 1. The summed E-state index contributed by atoms with van der Waals surface area (Å²) in [5, 5.41) is 16.4. The highest BCUT2D eigenvalue weighted by Crippen LogP contribution is 2.21. The first-order valence-corrected chi connectivity index (χ1v) is 10.1. The lowest BCUT2D eigenvalue weighted by atomic mass is 9.93. The van der Waals surface area contributed by atoms with Gasteiger partial charge < -0.3 is 9.47 Å². The fraction of sp³-hybridized carbons (Fsp3) is 0.217. The van der Waals surface area contributed by atoms with Gasteiger partial charge in [0.1, 0.15) is 29.1 Å². The fourth-order valence-corrected chi connectivity index (χ4v) is 3.07. The quantitative estimate of drug-likeness (QED) is 0.263. The third-order valence-corrected chi connectivity index (χ3v) is 4.76. The van der Waals surface area contributed by atoms with Crippen molar-refractivity contribution in [3.63, 3.8) is 0 Å². The summed E-state index contributed by atoms with van der Waals surface area (Å²) in [5.41, 5.74) is 0.493. The number of esters is 1. The minimum atomic E-state index is -0.527. The maximum Gasteiger partial charge on any atom is 0.347 e. The second-order valence-electron chi connectivity index (χ2n) is 8.19. The predicted octanol–water partition coefficient (Wildman–Crippen LogP) is 2.69. The molecule has 10 heteroatoms. The van der Waals surface area contributed by atoms with Crippen LogP contribution in [0.4, 0.5) is 0 Å². The van der Waals surface area contributed by atoms with Gasteiger partial charge in [-0.25, -0.2) is 4.79 Å². The van der Waals surface area contributed by atoms with Crippen LogP contribution < -0.4 is 15.0 Å². The van der Waals surface area contributed by atoms with Crippen molar-refractivity contribution >= 4 is 18.0 Å². The van der Waals surface area contributed by atoms with E-state index in [1.165, 1.54) is 24.2 Å². The Morgan fingerprint density at radius 1 is 1.09 bits per heavy atom. The van der Waals surface area contributed by atoms with Crippen molar-refractivity contribution in [2.75, 3.05) is 7.11 Å². The Bertz CT molecular complexity index is 1400.